The van der Waals surface area contributed by atoms with Gasteiger partial charge in [0.2, 0.25) is 0 Å². The van der Waals surface area contributed by atoms with E-state index in [1.807, 2.05) is 0 Å². The zero-order valence-electron chi connectivity index (χ0n) is 18.2. The second kappa shape index (κ2) is 8.26. The first-order chi connectivity index (χ1) is 12.0. The summed E-state index contributed by atoms with van der Waals surface area (Å²) in [5.74, 6) is 1.66. The van der Waals surface area contributed by atoms with E-state index in [0.29, 0.717) is 17.8 Å². The molecule has 0 saturated heterocycles. The minimum absolute atomic E-state index is 0.165. The highest BCUT2D eigenvalue weighted by Gasteiger charge is 2.23. The van der Waals surface area contributed by atoms with E-state index >= 15 is 0 Å². The van der Waals surface area contributed by atoms with Gasteiger partial charge in [-0.15, -0.1) is 0 Å². The number of rotatable bonds is 5. The molecule has 0 aliphatic rings. The van der Waals surface area contributed by atoms with E-state index in [2.05, 4.69) is 98.7 Å². The van der Waals surface area contributed by atoms with Gasteiger partial charge in [0.05, 0.1) is 0 Å². The van der Waals surface area contributed by atoms with Crippen molar-refractivity contribution < 1.29 is 0 Å². The lowest BCUT2D eigenvalue weighted by Crippen LogP contribution is -2.26. The Kier molecular flexibility index (Phi) is 6.73. The van der Waals surface area contributed by atoms with Gasteiger partial charge in [0.1, 0.15) is 0 Å². The van der Waals surface area contributed by atoms with Crippen LogP contribution in [-0.4, -0.2) is 0 Å². The molecule has 0 nitrogen and oxygen atoms in total. The van der Waals surface area contributed by atoms with Gasteiger partial charge in [-0.3, -0.25) is 0 Å². The predicted molar refractivity (Wildman–Crippen MR) is 121 cm³/mol. The molecule has 0 aromatic heterocycles. The number of benzene rings is 2. The SMILES string of the molecule is CC(C)c1cccc(C(C)C)c1Pc1c(C(C)C)cccc1C(C)(C)C. The lowest BCUT2D eigenvalue weighted by molar-refractivity contribution is 0.593. The monoisotopic (exact) mass is 368 g/mol. The van der Waals surface area contributed by atoms with Crippen molar-refractivity contribution in [3.63, 3.8) is 0 Å². The predicted octanol–water partition coefficient (Wildman–Crippen LogP) is 6.98. The summed E-state index contributed by atoms with van der Waals surface area (Å²) < 4.78 is 0. The van der Waals surface area contributed by atoms with E-state index in [4.69, 9.17) is 0 Å². The maximum absolute atomic E-state index is 2.35. The molecule has 0 N–H and O–H groups in total. The molecule has 0 bridgehead atoms. The molecule has 0 fully saturated rings. The Hall–Kier alpha value is -1.13. The van der Waals surface area contributed by atoms with Crippen molar-refractivity contribution in [1.29, 1.82) is 0 Å². The third-order valence-corrected chi connectivity index (χ3v) is 6.79. The van der Waals surface area contributed by atoms with Gasteiger partial charge in [-0.25, -0.2) is 0 Å². The second-order valence-corrected chi connectivity index (χ2v) is 10.7. The third-order valence-electron chi connectivity index (χ3n) is 5.15. The molecule has 2 rings (SSSR count). The molecular weight excluding hydrogens is 331 g/mol. The van der Waals surface area contributed by atoms with Crippen molar-refractivity contribution in [2.24, 2.45) is 0 Å². The summed E-state index contributed by atoms with van der Waals surface area (Å²) in [5, 5.41) is 3.15. The summed E-state index contributed by atoms with van der Waals surface area (Å²) in [4.78, 5) is 0. The van der Waals surface area contributed by atoms with E-state index in [1.54, 1.807) is 10.6 Å². The van der Waals surface area contributed by atoms with Gasteiger partial charge < -0.3 is 0 Å². The van der Waals surface area contributed by atoms with E-state index in [9.17, 15) is 0 Å². The maximum atomic E-state index is 2.35. The Morgan fingerprint density at radius 2 is 1.00 bits per heavy atom. The molecule has 0 saturated carbocycles. The molecule has 26 heavy (non-hydrogen) atoms. The molecule has 0 amide bonds. The van der Waals surface area contributed by atoms with E-state index in [-0.39, 0.29) is 5.41 Å². The fourth-order valence-corrected chi connectivity index (χ4v) is 6.03. The first kappa shape index (κ1) is 21.2. The molecule has 142 valence electrons. The largest absolute Gasteiger partial charge is 0.0617 e. The topological polar surface area (TPSA) is 0 Å². The molecule has 1 heteroatoms. The lowest BCUT2D eigenvalue weighted by atomic mass is 9.84. The van der Waals surface area contributed by atoms with Crippen LogP contribution in [0.2, 0.25) is 0 Å². The molecule has 0 radical (unpaired) electrons. The fraction of sp³-hybridized carbons (Fsp3) is 0.520. The van der Waals surface area contributed by atoms with Gasteiger partial charge >= 0.3 is 0 Å². The van der Waals surface area contributed by atoms with E-state index < -0.39 is 0 Å². The second-order valence-electron chi connectivity index (χ2n) is 9.42. The zero-order chi connectivity index (χ0) is 19.6. The summed E-state index contributed by atoms with van der Waals surface area (Å²) in [6, 6.07) is 13.9. The van der Waals surface area contributed by atoms with Crippen LogP contribution in [0, 0.1) is 0 Å². The van der Waals surface area contributed by atoms with Crippen LogP contribution in [0.3, 0.4) is 0 Å². The van der Waals surface area contributed by atoms with Crippen molar-refractivity contribution in [3.8, 4) is 0 Å². The molecule has 0 spiro atoms. The van der Waals surface area contributed by atoms with Gasteiger partial charge in [0, 0.05) is 0 Å². The maximum Gasteiger partial charge on any atom is -0.0125 e. The molecule has 0 heterocycles. The molecule has 1 unspecified atom stereocenters. The van der Waals surface area contributed by atoms with E-state index in [0.717, 1.165) is 8.58 Å². The average Bonchev–Trinajstić information content (AvgIpc) is 2.53. The quantitative estimate of drug-likeness (QED) is 0.499. The van der Waals surface area contributed by atoms with Crippen LogP contribution < -0.4 is 10.6 Å². The first-order valence-corrected chi connectivity index (χ1v) is 11.1. The van der Waals surface area contributed by atoms with Crippen LogP contribution in [0.5, 0.6) is 0 Å². The molecule has 0 aliphatic heterocycles. The van der Waals surface area contributed by atoms with Gasteiger partial charge in [-0.2, -0.15) is 0 Å². The summed E-state index contributed by atoms with van der Waals surface area (Å²) >= 11 is 0. The van der Waals surface area contributed by atoms with Gasteiger partial charge in [-0.05, 0) is 56.0 Å². The Labute approximate surface area is 163 Å². The van der Waals surface area contributed by atoms with Crippen LogP contribution in [-0.2, 0) is 5.41 Å². The average molecular weight is 369 g/mol. The van der Waals surface area contributed by atoms with Gasteiger partial charge in [-0.1, -0.05) is 107 Å². The highest BCUT2D eigenvalue weighted by Crippen LogP contribution is 2.33. The third kappa shape index (κ3) is 4.58. The lowest BCUT2D eigenvalue weighted by Gasteiger charge is -2.28. The minimum Gasteiger partial charge on any atom is -0.0617 e. The fourth-order valence-electron chi connectivity index (χ4n) is 3.64. The Morgan fingerprint density at radius 1 is 0.615 bits per heavy atom. The summed E-state index contributed by atoms with van der Waals surface area (Å²) in [6.45, 7) is 21.0. The summed E-state index contributed by atoms with van der Waals surface area (Å²) in [7, 11) is 0.724. The zero-order valence-corrected chi connectivity index (χ0v) is 19.2. The number of hydrogen-bond donors (Lipinski definition) is 0. The Bertz CT molecular complexity index is 719. The van der Waals surface area contributed by atoms with Crippen molar-refractivity contribution in [2.45, 2.75) is 85.5 Å². The first-order valence-electron chi connectivity index (χ1n) is 10.1. The van der Waals surface area contributed by atoms with Crippen molar-refractivity contribution in [2.75, 3.05) is 0 Å². The van der Waals surface area contributed by atoms with Crippen molar-refractivity contribution >= 4 is 19.2 Å². The van der Waals surface area contributed by atoms with Crippen LogP contribution in [0.1, 0.15) is 102 Å². The Morgan fingerprint density at radius 3 is 1.38 bits per heavy atom. The summed E-state index contributed by atoms with van der Waals surface area (Å²) in [5.41, 5.74) is 6.23. The van der Waals surface area contributed by atoms with Crippen LogP contribution in [0.4, 0.5) is 0 Å². The van der Waals surface area contributed by atoms with Crippen LogP contribution >= 0.6 is 8.58 Å². The molecule has 0 aliphatic carbocycles. The normalized spacial score (nSPS) is 12.9. The highest BCUT2D eigenvalue weighted by molar-refractivity contribution is 7.56. The Balaban J connectivity index is 2.73. The van der Waals surface area contributed by atoms with Gasteiger partial charge in [0.15, 0.2) is 0 Å². The molecular formula is C25H37P. The standard InChI is InChI=1S/C25H37P/c1-16(2)19-12-10-13-20(17(3)4)23(19)26-24-21(18(5)6)14-11-15-22(24)25(7,8)9/h10-18,26H,1-9H3. The van der Waals surface area contributed by atoms with Crippen LogP contribution in [0.15, 0.2) is 36.4 Å². The summed E-state index contributed by atoms with van der Waals surface area (Å²) in [6.07, 6.45) is 0. The molecule has 1 atom stereocenters. The van der Waals surface area contributed by atoms with Crippen molar-refractivity contribution in [1.82, 2.24) is 0 Å². The van der Waals surface area contributed by atoms with Crippen molar-refractivity contribution in [3.05, 3.63) is 58.7 Å². The molecule has 2 aromatic rings. The highest BCUT2D eigenvalue weighted by atomic mass is 31.1. The van der Waals surface area contributed by atoms with Crippen LogP contribution in [0.25, 0.3) is 0 Å². The van der Waals surface area contributed by atoms with E-state index in [1.165, 1.54) is 22.3 Å². The minimum atomic E-state index is 0.165. The molecule has 2 aromatic carbocycles. The number of hydrogen-bond acceptors (Lipinski definition) is 0. The van der Waals surface area contributed by atoms with Gasteiger partial charge in [0.25, 0.3) is 0 Å². The smallest absolute Gasteiger partial charge is 0.0125 e.